The minimum absolute atomic E-state index is 0.110. The molecular weight excluding hydrogens is 423 g/mol. The molecule has 5 nitrogen and oxygen atoms in total. The van der Waals surface area contributed by atoms with E-state index >= 15 is 0 Å². The van der Waals surface area contributed by atoms with Gasteiger partial charge in [-0.25, -0.2) is 0 Å². The summed E-state index contributed by atoms with van der Waals surface area (Å²) in [7, 11) is -2.92. The maximum Gasteiger partial charge on any atom is 0.328 e. The van der Waals surface area contributed by atoms with Crippen LogP contribution in [0.4, 0.5) is 0 Å². The lowest BCUT2D eigenvalue weighted by Gasteiger charge is -2.09. The quantitative estimate of drug-likeness (QED) is 0.0896. The number of hydrogen-bond acceptors (Lipinski definition) is 5. The largest absolute Gasteiger partial charge is 0.463 e. The fourth-order valence-electron chi connectivity index (χ4n) is 3.16. The Balaban J connectivity index is 1.88. The van der Waals surface area contributed by atoms with E-state index in [1.807, 2.05) is 0 Å². The Morgan fingerprint density at radius 3 is 1.97 bits per heavy atom. The smallest absolute Gasteiger partial charge is 0.328 e. The van der Waals surface area contributed by atoms with E-state index in [0.29, 0.717) is 6.42 Å². The van der Waals surface area contributed by atoms with Crippen molar-refractivity contribution in [2.24, 2.45) is 0 Å². The van der Waals surface area contributed by atoms with Gasteiger partial charge in [-0.1, -0.05) is 74.8 Å². The van der Waals surface area contributed by atoms with E-state index in [1.54, 1.807) is 0 Å². The average Bonchev–Trinajstić information content (AvgIpc) is 3.12. The molecule has 2 atom stereocenters. The molecule has 0 N–H and O–H groups in total. The zero-order chi connectivity index (χ0) is 23.3. The minimum atomic E-state index is -2.92. The minimum Gasteiger partial charge on any atom is -0.463 e. The molecule has 0 aromatic heterocycles. The lowest BCUT2D eigenvalue weighted by molar-refractivity contribution is -0.146. The highest BCUT2D eigenvalue weighted by Gasteiger charge is 2.32. The van der Waals surface area contributed by atoms with E-state index < -0.39 is 13.7 Å². The molecule has 1 heterocycles. The Bertz CT molecular complexity index is 651. The highest BCUT2D eigenvalue weighted by molar-refractivity contribution is 7.53. The molecule has 0 bridgehead atoms. The molecule has 1 aliphatic rings. The van der Waals surface area contributed by atoms with E-state index in [-0.39, 0.29) is 19.2 Å². The van der Waals surface area contributed by atoms with Gasteiger partial charge in [0.2, 0.25) is 0 Å². The Hall–Kier alpha value is -1.42. The van der Waals surface area contributed by atoms with Crippen LogP contribution in [0.1, 0.15) is 84.0 Å². The normalized spacial score (nSPS) is 21.6. The zero-order valence-electron chi connectivity index (χ0n) is 20.1. The molecule has 1 saturated heterocycles. The van der Waals surface area contributed by atoms with E-state index in [4.69, 9.17) is 13.8 Å². The number of carbonyl (C=O) groups excluding carboxylic acids is 1. The molecule has 6 heteroatoms. The molecule has 182 valence electrons. The van der Waals surface area contributed by atoms with Crippen molar-refractivity contribution in [2.75, 3.05) is 19.9 Å². The van der Waals surface area contributed by atoms with Crippen LogP contribution in [-0.2, 0) is 23.1 Å². The van der Waals surface area contributed by atoms with Crippen LogP contribution in [-0.4, -0.2) is 32.0 Å². The highest BCUT2D eigenvalue weighted by Crippen LogP contribution is 2.50. The van der Waals surface area contributed by atoms with Gasteiger partial charge in [-0.05, 0) is 51.4 Å². The van der Waals surface area contributed by atoms with Crippen molar-refractivity contribution >= 4 is 13.6 Å². The van der Waals surface area contributed by atoms with Crippen LogP contribution in [0, 0.1) is 0 Å². The Kier molecular flexibility index (Phi) is 17.1. The molecule has 0 radical (unpaired) electrons. The summed E-state index contributed by atoms with van der Waals surface area (Å²) in [6.45, 7) is 3.99. The average molecular weight is 467 g/mol. The number of rotatable bonds is 18. The van der Waals surface area contributed by atoms with Gasteiger partial charge in [0.15, 0.2) is 0 Å². The summed E-state index contributed by atoms with van der Waals surface area (Å²) in [5.74, 6) is -0.232. The summed E-state index contributed by atoms with van der Waals surface area (Å²) in [5.41, 5.74) is 0. The van der Waals surface area contributed by atoms with Gasteiger partial charge in [-0.2, -0.15) is 0 Å². The number of carbonyl (C=O) groups is 1. The lowest BCUT2D eigenvalue weighted by atomic mass is 10.1. The van der Waals surface area contributed by atoms with Crippen molar-refractivity contribution in [3.05, 3.63) is 48.6 Å². The summed E-state index contributed by atoms with van der Waals surface area (Å²) in [5, 5.41) is 0. The summed E-state index contributed by atoms with van der Waals surface area (Å²) in [6.07, 6.45) is 29.9. The third-order valence-electron chi connectivity index (χ3n) is 4.97. The van der Waals surface area contributed by atoms with Crippen molar-refractivity contribution in [2.45, 2.75) is 90.1 Å². The number of ether oxygens (including phenoxy) is 1. The van der Waals surface area contributed by atoms with Gasteiger partial charge in [0.1, 0.15) is 12.7 Å². The van der Waals surface area contributed by atoms with Crippen molar-refractivity contribution in [1.29, 1.82) is 0 Å². The summed E-state index contributed by atoms with van der Waals surface area (Å²) in [4.78, 5) is 11.7. The Labute approximate surface area is 195 Å². The van der Waals surface area contributed by atoms with E-state index in [1.165, 1.54) is 32.3 Å². The Morgan fingerprint density at radius 1 is 0.875 bits per heavy atom. The number of hydrogen-bond donors (Lipinski definition) is 0. The maximum atomic E-state index is 11.7. The standard InChI is InChI=1S/C26H43O5P/c1-3-4-5-6-7-8-9-10-11-12-13-14-15-16-17-18-19-20-21-22-26(27)29-23-25-24-30-32(2,28)31-25/h7-8,10-11,13-14,16-17,25H,3-6,9,12,15,18-24H2,1-2H3/b8-7-,11-10-,14-13-,17-16-. The lowest BCUT2D eigenvalue weighted by Crippen LogP contribution is -2.20. The molecule has 0 saturated carbocycles. The highest BCUT2D eigenvalue weighted by atomic mass is 31.2. The van der Waals surface area contributed by atoms with Crippen molar-refractivity contribution in [1.82, 2.24) is 0 Å². The summed E-state index contributed by atoms with van der Waals surface area (Å²) < 4.78 is 26.9. The van der Waals surface area contributed by atoms with Gasteiger partial charge in [0, 0.05) is 13.1 Å². The van der Waals surface area contributed by atoms with Gasteiger partial charge in [0.05, 0.1) is 6.61 Å². The van der Waals surface area contributed by atoms with Gasteiger partial charge < -0.3 is 9.26 Å². The molecule has 0 aromatic rings. The van der Waals surface area contributed by atoms with Crippen LogP contribution in [0.25, 0.3) is 0 Å². The first-order valence-corrected chi connectivity index (χ1v) is 14.2. The van der Waals surface area contributed by atoms with E-state index in [9.17, 15) is 9.36 Å². The molecule has 2 unspecified atom stereocenters. The first kappa shape index (κ1) is 28.6. The Morgan fingerprint density at radius 2 is 1.44 bits per heavy atom. The van der Waals surface area contributed by atoms with Crippen LogP contribution in [0.2, 0.25) is 0 Å². The molecule has 0 aliphatic carbocycles. The van der Waals surface area contributed by atoms with Gasteiger partial charge in [-0.3, -0.25) is 13.9 Å². The molecule has 0 aromatic carbocycles. The van der Waals surface area contributed by atoms with Crippen LogP contribution in [0.5, 0.6) is 0 Å². The second-order valence-electron chi connectivity index (χ2n) is 8.17. The molecule has 0 amide bonds. The summed E-state index contributed by atoms with van der Waals surface area (Å²) in [6, 6.07) is 0. The van der Waals surface area contributed by atoms with Gasteiger partial charge in [0.25, 0.3) is 0 Å². The van der Waals surface area contributed by atoms with Crippen LogP contribution >= 0.6 is 7.60 Å². The molecule has 32 heavy (non-hydrogen) atoms. The van der Waals surface area contributed by atoms with Crippen LogP contribution in [0.3, 0.4) is 0 Å². The van der Waals surface area contributed by atoms with Gasteiger partial charge in [-0.15, -0.1) is 0 Å². The predicted molar refractivity (Wildman–Crippen MR) is 133 cm³/mol. The molecule has 0 spiro atoms. The number of unbranched alkanes of at least 4 members (excludes halogenated alkanes) is 6. The molecule has 1 fully saturated rings. The molecule has 1 aliphatic heterocycles. The van der Waals surface area contributed by atoms with Crippen LogP contribution in [0.15, 0.2) is 48.6 Å². The van der Waals surface area contributed by atoms with Crippen molar-refractivity contribution < 1.29 is 23.1 Å². The third kappa shape index (κ3) is 17.2. The topological polar surface area (TPSA) is 61.8 Å². The fourth-order valence-corrected chi connectivity index (χ4v) is 4.32. The second-order valence-corrected chi connectivity index (χ2v) is 10.2. The predicted octanol–water partition coefficient (Wildman–Crippen LogP) is 7.69. The monoisotopic (exact) mass is 466 g/mol. The van der Waals surface area contributed by atoms with Crippen LogP contribution < -0.4 is 0 Å². The fraction of sp³-hybridized carbons (Fsp3) is 0.654. The second kappa shape index (κ2) is 19.1. The van der Waals surface area contributed by atoms with Crippen molar-refractivity contribution in [3.63, 3.8) is 0 Å². The molecular formula is C26H43O5P. The summed E-state index contributed by atoms with van der Waals surface area (Å²) >= 11 is 0. The third-order valence-corrected chi connectivity index (χ3v) is 6.27. The van der Waals surface area contributed by atoms with Gasteiger partial charge >= 0.3 is 13.6 Å². The number of allylic oxidation sites excluding steroid dienone is 8. The van der Waals surface area contributed by atoms with E-state index in [2.05, 4.69) is 55.5 Å². The zero-order valence-corrected chi connectivity index (χ0v) is 21.0. The number of esters is 1. The van der Waals surface area contributed by atoms with E-state index in [0.717, 1.165) is 44.9 Å². The maximum absolute atomic E-state index is 11.7. The van der Waals surface area contributed by atoms with Crippen molar-refractivity contribution in [3.8, 4) is 0 Å². The first-order chi connectivity index (χ1) is 15.5. The molecule has 1 rings (SSSR count). The SMILES string of the molecule is CCCCC/C=C\C/C=C\C/C=C\C/C=C\CCCCCC(=O)OCC1COP(C)(=O)O1. The first-order valence-electron chi connectivity index (χ1n) is 12.2.